The topological polar surface area (TPSA) is 95.9 Å². The molecule has 1 heterocycles. The Morgan fingerprint density at radius 1 is 0.973 bits per heavy atom. The van der Waals surface area contributed by atoms with Crippen molar-refractivity contribution in [1.29, 1.82) is 0 Å². The van der Waals surface area contributed by atoms with Gasteiger partial charge in [-0.2, -0.15) is 0 Å². The number of fused-ring (bicyclic) bond motifs is 5. The number of carbonyl (C=O) groups excluding carboxylic acids is 2. The highest BCUT2D eigenvalue weighted by molar-refractivity contribution is 5.82. The summed E-state index contributed by atoms with van der Waals surface area (Å²) in [4.78, 5) is 35.4. The summed E-state index contributed by atoms with van der Waals surface area (Å²) in [6, 6.07) is 0. The number of aliphatic carboxylic acids is 1. The van der Waals surface area contributed by atoms with Crippen LogP contribution in [0.5, 0.6) is 0 Å². The van der Waals surface area contributed by atoms with E-state index in [-0.39, 0.29) is 24.7 Å². The molecule has 218 valence electrons. The predicted octanol–water partition coefficient (Wildman–Crippen LogP) is 5.37. The van der Waals surface area contributed by atoms with Gasteiger partial charge in [0, 0.05) is 24.7 Å². The number of amides is 1. The van der Waals surface area contributed by atoms with Gasteiger partial charge in [0.25, 0.3) is 0 Å². The van der Waals surface area contributed by atoms with Crippen LogP contribution in [0.4, 0.5) is 0 Å². The molecule has 1 saturated heterocycles. The van der Waals surface area contributed by atoms with E-state index < -0.39 is 5.97 Å². The molecule has 0 spiro atoms. The molecule has 4 aliphatic carbocycles. The standard InChI is InChI=1S/C22H36O.C8H14N2O4.4H2/c1-14-9-11-21(3)16(13-14)5-6-17-19-8-7-18(15(2)23)22(19,4)12-10-20(17)21;11-7(9-5-8(12)13)6-10-1-3-14-4-2-10;;;;/h14,16-20H,5-13H2,1-4H3;1-6H2,(H,9,11)(H,12,13);4*1H/t14-,16?,17-,18+,19?,20?,21-,22+;;;;;/m0...../s1. The van der Waals surface area contributed by atoms with Gasteiger partial charge >= 0.3 is 5.97 Å². The summed E-state index contributed by atoms with van der Waals surface area (Å²) in [5, 5.41) is 10.6. The van der Waals surface area contributed by atoms with Crippen molar-refractivity contribution in [2.45, 2.75) is 85.5 Å². The van der Waals surface area contributed by atoms with Gasteiger partial charge < -0.3 is 15.2 Å². The van der Waals surface area contributed by atoms with E-state index in [1.807, 2.05) is 11.8 Å². The van der Waals surface area contributed by atoms with Crippen molar-refractivity contribution in [3.05, 3.63) is 0 Å². The van der Waals surface area contributed by atoms with Crippen molar-refractivity contribution in [2.24, 2.45) is 46.3 Å². The molecule has 37 heavy (non-hydrogen) atoms. The van der Waals surface area contributed by atoms with Crippen molar-refractivity contribution in [2.75, 3.05) is 39.4 Å². The molecule has 7 nitrogen and oxygen atoms in total. The molecule has 8 atom stereocenters. The van der Waals surface area contributed by atoms with Gasteiger partial charge in [0.15, 0.2) is 0 Å². The third kappa shape index (κ3) is 6.08. The van der Waals surface area contributed by atoms with Gasteiger partial charge in [-0.25, -0.2) is 0 Å². The molecule has 3 unspecified atom stereocenters. The number of hydrogen-bond acceptors (Lipinski definition) is 5. The van der Waals surface area contributed by atoms with E-state index in [1.165, 1.54) is 57.8 Å². The van der Waals surface area contributed by atoms with E-state index in [4.69, 9.17) is 9.84 Å². The van der Waals surface area contributed by atoms with Crippen molar-refractivity contribution < 1.29 is 29.9 Å². The van der Waals surface area contributed by atoms with Crippen LogP contribution in [0.2, 0.25) is 0 Å². The average Bonchev–Trinajstić information content (AvgIpc) is 3.22. The first kappa shape index (κ1) is 28.5. The zero-order valence-electron chi connectivity index (χ0n) is 23.6. The first-order valence-electron chi connectivity index (χ1n) is 14.8. The molecular weight excluding hydrogens is 468 g/mol. The highest BCUT2D eigenvalue weighted by Crippen LogP contribution is 2.67. The molecule has 5 rings (SSSR count). The predicted molar refractivity (Wildman–Crippen MR) is 151 cm³/mol. The third-order valence-electron chi connectivity index (χ3n) is 11.3. The first-order valence-corrected chi connectivity index (χ1v) is 14.8. The second-order valence-electron chi connectivity index (χ2n) is 13.4. The Hall–Kier alpha value is -1.47. The molecule has 2 N–H and O–H groups in total. The van der Waals surface area contributed by atoms with Crippen molar-refractivity contribution >= 4 is 17.7 Å². The SMILES string of the molecule is CC(=O)[C@H]1CCC2[C@@H]3CCC4C[C@@H](C)CC[C@]4(C)C3CC[C@@]21C.O=C(O)CNC(=O)CN1CCOCC1.[HH].[HH].[HH].[HH]. The van der Waals surface area contributed by atoms with E-state index in [2.05, 4.69) is 26.1 Å². The molecule has 1 aliphatic heterocycles. The van der Waals surface area contributed by atoms with Gasteiger partial charge in [0.2, 0.25) is 5.91 Å². The smallest absolute Gasteiger partial charge is 0.322 e. The largest absolute Gasteiger partial charge is 0.480 e. The zero-order chi connectivity index (χ0) is 26.8. The van der Waals surface area contributed by atoms with Gasteiger partial charge in [-0.3, -0.25) is 19.3 Å². The van der Waals surface area contributed by atoms with Crippen LogP contribution in [-0.4, -0.2) is 67.1 Å². The van der Waals surface area contributed by atoms with E-state index in [0.717, 1.165) is 42.7 Å². The third-order valence-corrected chi connectivity index (χ3v) is 11.3. The lowest BCUT2D eigenvalue weighted by Crippen LogP contribution is -2.53. The minimum absolute atomic E-state index is 0. The number of morpholine rings is 1. The maximum Gasteiger partial charge on any atom is 0.322 e. The molecule has 0 aromatic rings. The monoisotopic (exact) mass is 526 g/mol. The summed E-state index contributed by atoms with van der Waals surface area (Å²) in [6.07, 6.45) is 12.6. The Labute approximate surface area is 229 Å². The van der Waals surface area contributed by atoms with E-state index in [9.17, 15) is 14.4 Å². The lowest BCUT2D eigenvalue weighted by Gasteiger charge is -2.61. The Morgan fingerprint density at radius 3 is 2.32 bits per heavy atom. The quantitative estimate of drug-likeness (QED) is 0.500. The van der Waals surface area contributed by atoms with Gasteiger partial charge in [0.05, 0.1) is 19.8 Å². The number of carboxylic acids is 1. The lowest BCUT2D eigenvalue weighted by atomic mass is 9.44. The van der Waals surface area contributed by atoms with Crippen molar-refractivity contribution in [1.82, 2.24) is 10.2 Å². The first-order chi connectivity index (χ1) is 17.5. The number of ketones is 1. The van der Waals surface area contributed by atoms with Crippen LogP contribution >= 0.6 is 0 Å². The zero-order valence-corrected chi connectivity index (χ0v) is 23.6. The number of hydrogen-bond donors (Lipinski definition) is 2. The van der Waals surface area contributed by atoms with E-state index in [0.29, 0.717) is 35.7 Å². The molecule has 4 saturated carbocycles. The van der Waals surface area contributed by atoms with Gasteiger partial charge in [0.1, 0.15) is 12.3 Å². The highest BCUT2D eigenvalue weighted by atomic mass is 16.5. The second kappa shape index (κ2) is 11.7. The fourth-order valence-corrected chi connectivity index (χ4v) is 9.33. The Morgan fingerprint density at radius 2 is 1.65 bits per heavy atom. The molecule has 0 aromatic heterocycles. The van der Waals surface area contributed by atoms with E-state index in [1.54, 1.807) is 0 Å². The van der Waals surface area contributed by atoms with Gasteiger partial charge in [-0.15, -0.1) is 0 Å². The van der Waals surface area contributed by atoms with Crippen molar-refractivity contribution in [3.63, 3.8) is 0 Å². The Bertz CT molecular complexity index is 861. The number of carbonyl (C=O) groups is 3. The fourth-order valence-electron chi connectivity index (χ4n) is 9.33. The number of ether oxygens (including phenoxy) is 1. The molecule has 7 heteroatoms. The molecule has 0 aromatic carbocycles. The van der Waals surface area contributed by atoms with Gasteiger partial charge in [-0.1, -0.05) is 27.2 Å². The maximum absolute atomic E-state index is 12.2. The second-order valence-corrected chi connectivity index (χ2v) is 13.4. The van der Waals surface area contributed by atoms with Crippen LogP contribution in [0.1, 0.15) is 91.2 Å². The maximum atomic E-state index is 12.2. The molecule has 0 radical (unpaired) electrons. The van der Waals surface area contributed by atoms with E-state index >= 15 is 0 Å². The van der Waals surface area contributed by atoms with Crippen LogP contribution in [-0.2, 0) is 19.1 Å². The summed E-state index contributed by atoms with van der Waals surface area (Å²) in [6.45, 7) is 12.1. The van der Waals surface area contributed by atoms with Crippen LogP contribution in [0.25, 0.3) is 0 Å². The minimum atomic E-state index is -1.03. The lowest BCUT2D eigenvalue weighted by molar-refractivity contribution is -0.138. The Balaban J connectivity index is 0.000000785. The molecule has 0 bridgehead atoms. The van der Waals surface area contributed by atoms with Crippen LogP contribution < -0.4 is 5.32 Å². The summed E-state index contributed by atoms with van der Waals surface area (Å²) >= 11 is 0. The van der Waals surface area contributed by atoms with Gasteiger partial charge in [-0.05, 0) is 98.7 Å². The highest BCUT2D eigenvalue weighted by Gasteiger charge is 2.60. The minimum Gasteiger partial charge on any atom is -0.480 e. The molecule has 5 aliphatic rings. The number of rotatable bonds is 5. The Kier molecular flexibility index (Phi) is 9.05. The molecular formula is C30H58N2O5. The number of nitrogens with one attached hydrogen (secondary N) is 1. The van der Waals surface area contributed by atoms with Crippen molar-refractivity contribution in [3.8, 4) is 0 Å². The number of carboxylic acid groups (broad SMARTS) is 1. The summed E-state index contributed by atoms with van der Waals surface area (Å²) in [5.74, 6) is 4.21. The van der Waals surface area contributed by atoms with Crippen LogP contribution in [0.3, 0.4) is 0 Å². The molecule has 5 fully saturated rings. The summed E-state index contributed by atoms with van der Waals surface area (Å²) in [7, 11) is 0. The fraction of sp³-hybridized carbons (Fsp3) is 0.900. The number of Topliss-reactive ketones (excluding diaryl/α,β-unsaturated/α-hetero) is 1. The summed E-state index contributed by atoms with van der Waals surface area (Å²) in [5.41, 5.74) is 0.948. The average molecular weight is 527 g/mol. The van der Waals surface area contributed by atoms with Crippen LogP contribution in [0, 0.1) is 46.3 Å². The normalized spacial score (nSPS) is 41.3. The molecule has 1 amide bonds. The summed E-state index contributed by atoms with van der Waals surface area (Å²) < 4.78 is 5.11. The number of nitrogens with zero attached hydrogens (tertiary/aromatic N) is 1. The van der Waals surface area contributed by atoms with Crippen LogP contribution in [0.15, 0.2) is 0 Å².